The Morgan fingerprint density at radius 1 is 1.05 bits per heavy atom. The lowest BCUT2D eigenvalue weighted by Crippen LogP contribution is -2.50. The molecule has 0 saturated heterocycles. The van der Waals surface area contributed by atoms with Crippen molar-refractivity contribution in [2.45, 2.75) is 77.4 Å². The van der Waals surface area contributed by atoms with E-state index in [1.54, 1.807) is 50.2 Å². The second-order valence-corrected chi connectivity index (χ2v) is 13.3. The van der Waals surface area contributed by atoms with Crippen LogP contribution >= 0.6 is 34.8 Å². The van der Waals surface area contributed by atoms with Crippen molar-refractivity contribution in [1.29, 1.82) is 0 Å². The second-order valence-electron chi connectivity index (χ2n) is 10.1. The summed E-state index contributed by atoms with van der Waals surface area (Å²) in [5, 5.41) is 4.32. The number of carbonyl (C=O) groups excluding carboxylic acids is 2. The molecule has 39 heavy (non-hydrogen) atoms. The van der Waals surface area contributed by atoms with Gasteiger partial charge in [-0.2, -0.15) is 0 Å². The van der Waals surface area contributed by atoms with Crippen LogP contribution in [0.3, 0.4) is 0 Å². The van der Waals surface area contributed by atoms with Crippen molar-refractivity contribution in [3.63, 3.8) is 0 Å². The Morgan fingerprint density at radius 3 is 2.31 bits per heavy atom. The molecule has 3 rings (SSSR count). The summed E-state index contributed by atoms with van der Waals surface area (Å²) in [6.07, 6.45) is 6.53. The minimum atomic E-state index is -3.63. The highest BCUT2D eigenvalue weighted by Crippen LogP contribution is 2.29. The monoisotopic (exact) mass is 615 g/mol. The van der Waals surface area contributed by atoms with Crippen LogP contribution in [-0.4, -0.2) is 50.0 Å². The summed E-state index contributed by atoms with van der Waals surface area (Å²) in [6.45, 7) is 3.63. The topological polar surface area (TPSA) is 86.8 Å². The molecule has 1 aliphatic rings. The van der Waals surface area contributed by atoms with Gasteiger partial charge in [0.2, 0.25) is 21.8 Å². The third kappa shape index (κ3) is 8.74. The van der Waals surface area contributed by atoms with Crippen LogP contribution in [0.2, 0.25) is 15.1 Å². The molecule has 11 heteroatoms. The summed E-state index contributed by atoms with van der Waals surface area (Å²) >= 11 is 18.9. The van der Waals surface area contributed by atoms with Gasteiger partial charge in [0, 0.05) is 46.2 Å². The second kappa shape index (κ2) is 14.1. The number of hydrogen-bond donors (Lipinski definition) is 1. The summed E-state index contributed by atoms with van der Waals surface area (Å²) in [5.41, 5.74) is 1.77. The predicted octanol–water partition coefficient (Wildman–Crippen LogP) is 6.37. The number of hydrogen-bond acceptors (Lipinski definition) is 4. The molecule has 1 atom stereocenters. The maximum atomic E-state index is 13.6. The zero-order chi connectivity index (χ0) is 28.7. The molecule has 0 heterocycles. The van der Waals surface area contributed by atoms with Gasteiger partial charge in [-0.1, -0.05) is 66.2 Å². The van der Waals surface area contributed by atoms with E-state index in [0.717, 1.165) is 43.9 Å². The number of carbonyl (C=O) groups is 2. The van der Waals surface area contributed by atoms with E-state index in [9.17, 15) is 18.0 Å². The number of halogens is 3. The molecular weight excluding hydrogens is 581 g/mol. The number of sulfonamides is 1. The summed E-state index contributed by atoms with van der Waals surface area (Å²) < 4.78 is 26.5. The first kappa shape index (κ1) is 31.5. The van der Waals surface area contributed by atoms with Crippen LogP contribution < -0.4 is 9.62 Å². The summed E-state index contributed by atoms with van der Waals surface area (Å²) in [4.78, 5) is 28.3. The highest BCUT2D eigenvalue weighted by Gasteiger charge is 2.29. The molecule has 0 aromatic heterocycles. The molecule has 0 unspecified atom stereocenters. The fourth-order valence-electron chi connectivity index (χ4n) is 4.84. The lowest BCUT2D eigenvalue weighted by molar-refractivity contribution is -0.141. The smallest absolute Gasteiger partial charge is 0.242 e. The molecule has 0 bridgehead atoms. The molecule has 7 nitrogen and oxygen atoms in total. The maximum Gasteiger partial charge on any atom is 0.242 e. The molecule has 1 N–H and O–H groups in total. The van der Waals surface area contributed by atoms with Gasteiger partial charge < -0.3 is 10.2 Å². The quantitative estimate of drug-likeness (QED) is 0.318. The van der Waals surface area contributed by atoms with E-state index >= 15 is 0 Å². The minimum Gasteiger partial charge on any atom is -0.352 e. The number of rotatable bonds is 11. The number of amides is 2. The van der Waals surface area contributed by atoms with Gasteiger partial charge >= 0.3 is 0 Å². The van der Waals surface area contributed by atoms with E-state index in [1.165, 1.54) is 9.21 Å². The van der Waals surface area contributed by atoms with E-state index in [0.29, 0.717) is 26.3 Å². The Bertz CT molecular complexity index is 1260. The van der Waals surface area contributed by atoms with Crippen molar-refractivity contribution in [2.75, 3.05) is 17.1 Å². The van der Waals surface area contributed by atoms with Crippen molar-refractivity contribution >= 4 is 62.3 Å². The average molecular weight is 617 g/mol. The lowest BCUT2D eigenvalue weighted by Gasteiger charge is -2.32. The number of nitrogens with one attached hydrogen (secondary N) is 1. The first-order valence-corrected chi connectivity index (χ1v) is 16.1. The van der Waals surface area contributed by atoms with Gasteiger partial charge in [0.1, 0.15) is 6.04 Å². The van der Waals surface area contributed by atoms with Crippen molar-refractivity contribution in [3.8, 4) is 0 Å². The van der Waals surface area contributed by atoms with Gasteiger partial charge in [0.15, 0.2) is 0 Å². The van der Waals surface area contributed by atoms with E-state index in [1.807, 2.05) is 0 Å². The van der Waals surface area contributed by atoms with E-state index < -0.39 is 16.1 Å². The third-order valence-corrected chi connectivity index (χ3v) is 9.22. The summed E-state index contributed by atoms with van der Waals surface area (Å²) in [6, 6.07) is 9.47. The SMILES string of the molecule is Cc1ccc(Cl)cc1N(CCCC(=O)N(Cc1c(Cl)cccc1Cl)[C@H](C)C(=O)NC1CCCCC1)S(C)(=O)=O. The molecule has 2 aromatic carbocycles. The summed E-state index contributed by atoms with van der Waals surface area (Å²) in [7, 11) is -3.63. The average Bonchev–Trinajstić information content (AvgIpc) is 2.87. The molecule has 1 fully saturated rings. The van der Waals surface area contributed by atoms with E-state index in [4.69, 9.17) is 34.8 Å². The molecule has 214 valence electrons. The number of aryl methyl sites for hydroxylation is 1. The third-order valence-electron chi connectivity index (χ3n) is 7.10. The molecular formula is C28H36Cl3N3O4S. The first-order valence-electron chi connectivity index (χ1n) is 13.1. The van der Waals surface area contributed by atoms with Crippen molar-refractivity contribution in [3.05, 3.63) is 62.6 Å². The van der Waals surface area contributed by atoms with Crippen LogP contribution in [0.4, 0.5) is 5.69 Å². The van der Waals surface area contributed by atoms with E-state index in [-0.39, 0.29) is 43.8 Å². The first-order chi connectivity index (χ1) is 18.4. The molecule has 2 aromatic rings. The van der Waals surface area contributed by atoms with Crippen molar-refractivity contribution < 1.29 is 18.0 Å². The fourth-order valence-corrected chi connectivity index (χ4v) is 6.54. The minimum absolute atomic E-state index is 0.0226. The maximum absolute atomic E-state index is 13.6. The van der Waals surface area contributed by atoms with Gasteiger partial charge in [-0.05, 0) is 62.9 Å². The Labute approximate surface area is 246 Å². The van der Waals surface area contributed by atoms with Crippen molar-refractivity contribution in [2.24, 2.45) is 0 Å². The van der Waals surface area contributed by atoms with Crippen LogP contribution in [0.25, 0.3) is 0 Å². The largest absolute Gasteiger partial charge is 0.352 e. The molecule has 0 spiro atoms. The zero-order valence-corrected chi connectivity index (χ0v) is 25.6. The van der Waals surface area contributed by atoms with Gasteiger partial charge in [0.25, 0.3) is 0 Å². The van der Waals surface area contributed by atoms with Crippen LogP contribution in [0.1, 0.15) is 63.0 Å². The van der Waals surface area contributed by atoms with E-state index in [2.05, 4.69) is 5.32 Å². The van der Waals surface area contributed by atoms with Crippen molar-refractivity contribution in [1.82, 2.24) is 10.2 Å². The number of benzene rings is 2. The normalized spacial score (nSPS) is 15.0. The molecule has 1 aliphatic carbocycles. The Morgan fingerprint density at radius 2 is 1.69 bits per heavy atom. The fraction of sp³-hybridized carbons (Fsp3) is 0.500. The van der Waals surface area contributed by atoms with Gasteiger partial charge in [-0.25, -0.2) is 8.42 Å². The molecule has 2 amide bonds. The highest BCUT2D eigenvalue weighted by atomic mass is 35.5. The zero-order valence-electron chi connectivity index (χ0n) is 22.6. The van der Waals surface area contributed by atoms with Gasteiger partial charge in [-0.15, -0.1) is 0 Å². The predicted molar refractivity (Wildman–Crippen MR) is 159 cm³/mol. The number of anilines is 1. The Balaban J connectivity index is 1.78. The van der Waals surface area contributed by atoms with Gasteiger partial charge in [0.05, 0.1) is 11.9 Å². The lowest BCUT2D eigenvalue weighted by atomic mass is 9.95. The summed E-state index contributed by atoms with van der Waals surface area (Å²) in [5.74, 6) is -0.528. The van der Waals surface area contributed by atoms with Crippen LogP contribution in [0, 0.1) is 6.92 Å². The molecule has 0 radical (unpaired) electrons. The molecule has 1 saturated carbocycles. The van der Waals surface area contributed by atoms with Gasteiger partial charge in [-0.3, -0.25) is 13.9 Å². The highest BCUT2D eigenvalue weighted by molar-refractivity contribution is 7.92. The Hall–Kier alpha value is -2.00. The standard InChI is InChI=1S/C28H36Cl3N3O4S/c1-19-14-15-21(29)17-26(19)34(39(3,37)38)16-8-13-27(35)33(18-23-24(30)11-7-12-25(23)31)20(2)28(36)32-22-9-5-4-6-10-22/h7,11-12,14-15,17,20,22H,4-6,8-10,13,16,18H2,1-3H3,(H,32,36)/t20-/m1/s1. The number of nitrogens with zero attached hydrogens (tertiary/aromatic N) is 2. The van der Waals surface area contributed by atoms with Crippen LogP contribution in [0.5, 0.6) is 0 Å². The Kier molecular flexibility index (Phi) is 11.4. The van der Waals surface area contributed by atoms with Crippen LogP contribution in [-0.2, 0) is 26.2 Å². The molecule has 0 aliphatic heterocycles. The van der Waals surface area contributed by atoms with Crippen LogP contribution in [0.15, 0.2) is 36.4 Å².